The number of allylic oxidation sites excluding steroid dienone is 1. The Bertz CT molecular complexity index is 1300. The molecule has 2 heterocycles. The van der Waals surface area contributed by atoms with Crippen molar-refractivity contribution in [2.75, 3.05) is 23.7 Å². The van der Waals surface area contributed by atoms with Crippen LogP contribution in [0.1, 0.15) is 53.6 Å². The monoisotopic (exact) mass is 544 g/mol. The van der Waals surface area contributed by atoms with E-state index in [2.05, 4.69) is 9.62 Å². The van der Waals surface area contributed by atoms with E-state index >= 15 is 0 Å². The van der Waals surface area contributed by atoms with Crippen LogP contribution in [0.15, 0.2) is 48.6 Å². The summed E-state index contributed by atoms with van der Waals surface area (Å²) in [6.07, 6.45) is 7.75. The van der Waals surface area contributed by atoms with E-state index in [0.717, 1.165) is 56.4 Å². The normalized spacial score (nSPS) is 26.9. The van der Waals surface area contributed by atoms with Crippen LogP contribution in [0.3, 0.4) is 0 Å². The van der Waals surface area contributed by atoms with Crippen molar-refractivity contribution in [3.63, 3.8) is 0 Å². The lowest BCUT2D eigenvalue weighted by atomic mass is 9.70. The number of hydrogen-bond donors (Lipinski definition) is 2. The highest BCUT2D eigenvalue weighted by molar-refractivity contribution is 7.90. The number of rotatable bonds is 0. The van der Waals surface area contributed by atoms with Crippen LogP contribution in [0, 0.1) is 11.8 Å². The molecule has 0 unspecified atom stereocenters. The molecule has 0 aromatic heterocycles. The van der Waals surface area contributed by atoms with Crippen molar-refractivity contribution in [3.05, 3.63) is 70.3 Å². The molecule has 7 nitrogen and oxygen atoms in total. The van der Waals surface area contributed by atoms with Crippen LogP contribution in [0.4, 0.5) is 5.69 Å². The summed E-state index contributed by atoms with van der Waals surface area (Å²) >= 11 is 6.26. The summed E-state index contributed by atoms with van der Waals surface area (Å²) in [5.74, 6) is 0.176. The second-order valence-corrected chi connectivity index (χ2v) is 12.5. The predicted molar refractivity (Wildman–Crippen MR) is 145 cm³/mol. The molecular formula is C28H33ClN2O5S. The molecule has 2 aromatic rings. The molecule has 2 bridgehead atoms. The zero-order valence-corrected chi connectivity index (χ0v) is 22.3. The van der Waals surface area contributed by atoms with Crippen molar-refractivity contribution in [1.29, 1.82) is 0 Å². The fourth-order valence-electron chi connectivity index (χ4n) is 5.49. The first-order valence-electron chi connectivity index (χ1n) is 13.0. The number of anilines is 1. The van der Waals surface area contributed by atoms with Crippen LogP contribution in [0.5, 0.6) is 5.75 Å². The van der Waals surface area contributed by atoms with E-state index in [9.17, 15) is 18.3 Å². The number of aliphatic hydroxyl groups excluding tert-OH is 1. The summed E-state index contributed by atoms with van der Waals surface area (Å²) in [4.78, 5) is 15.2. The van der Waals surface area contributed by atoms with Gasteiger partial charge >= 0.3 is 0 Å². The Kier molecular flexibility index (Phi) is 7.79. The molecular weight excluding hydrogens is 512 g/mol. The Morgan fingerprint density at radius 2 is 1.95 bits per heavy atom. The van der Waals surface area contributed by atoms with Crippen LogP contribution in [0.25, 0.3) is 0 Å². The number of halogens is 1. The lowest BCUT2D eigenvalue weighted by molar-refractivity contribution is 0.0461. The van der Waals surface area contributed by atoms with E-state index in [1.54, 1.807) is 30.4 Å². The van der Waals surface area contributed by atoms with Crippen LogP contribution in [0.2, 0.25) is 5.02 Å². The van der Waals surface area contributed by atoms with E-state index in [-0.39, 0.29) is 23.7 Å². The van der Waals surface area contributed by atoms with Gasteiger partial charge in [-0.3, -0.25) is 4.79 Å². The number of aryl methyl sites for hydroxylation is 1. The van der Waals surface area contributed by atoms with Gasteiger partial charge in [-0.1, -0.05) is 29.8 Å². The Hall–Kier alpha value is -2.55. The number of amides is 1. The van der Waals surface area contributed by atoms with Gasteiger partial charge in [0.25, 0.3) is 5.91 Å². The van der Waals surface area contributed by atoms with Gasteiger partial charge in [-0.15, -0.1) is 0 Å². The Morgan fingerprint density at radius 1 is 1.08 bits per heavy atom. The van der Waals surface area contributed by atoms with E-state index < -0.39 is 22.0 Å². The van der Waals surface area contributed by atoms with Gasteiger partial charge in [0.1, 0.15) is 12.4 Å². The molecule has 0 radical (unpaired) electrons. The van der Waals surface area contributed by atoms with Crippen LogP contribution in [-0.4, -0.2) is 44.4 Å². The molecule has 2 aliphatic heterocycles. The first-order chi connectivity index (χ1) is 17.8. The number of carbonyl (C=O) groups is 1. The summed E-state index contributed by atoms with van der Waals surface area (Å²) in [7, 11) is -3.82. The number of ether oxygens (including phenoxy) is 1. The molecule has 1 aliphatic carbocycles. The van der Waals surface area contributed by atoms with Crippen LogP contribution < -0.4 is 14.4 Å². The summed E-state index contributed by atoms with van der Waals surface area (Å²) in [6, 6.07) is 11.0. The molecule has 3 atom stereocenters. The summed E-state index contributed by atoms with van der Waals surface area (Å²) in [5.41, 5.74) is 3.29. The van der Waals surface area contributed by atoms with Crippen molar-refractivity contribution >= 4 is 33.2 Å². The molecule has 3 aliphatic rings. The van der Waals surface area contributed by atoms with Crippen LogP contribution >= 0.6 is 11.6 Å². The van der Waals surface area contributed by atoms with Crippen LogP contribution in [-0.2, 0) is 23.1 Å². The first kappa shape index (κ1) is 26.1. The van der Waals surface area contributed by atoms with Gasteiger partial charge in [0.2, 0.25) is 10.0 Å². The Balaban J connectivity index is 1.53. The molecule has 198 valence electrons. The molecule has 2 N–H and O–H groups in total. The molecule has 0 spiro atoms. The number of nitrogens with zero attached hydrogens (tertiary/aromatic N) is 1. The molecule has 2 aromatic carbocycles. The minimum Gasteiger partial charge on any atom is -0.487 e. The molecule has 9 heteroatoms. The predicted octanol–water partition coefficient (Wildman–Crippen LogP) is 4.47. The number of nitrogens with one attached hydrogen (secondary N) is 1. The lowest BCUT2D eigenvalue weighted by Crippen LogP contribution is -2.43. The Morgan fingerprint density at radius 3 is 2.76 bits per heavy atom. The average Bonchev–Trinajstić information content (AvgIpc) is 2.87. The highest BCUT2D eigenvalue weighted by atomic mass is 35.5. The van der Waals surface area contributed by atoms with E-state index in [1.165, 1.54) is 5.56 Å². The van der Waals surface area contributed by atoms with E-state index in [4.69, 9.17) is 16.3 Å². The van der Waals surface area contributed by atoms with Gasteiger partial charge in [-0.25, -0.2) is 13.1 Å². The van der Waals surface area contributed by atoms with E-state index in [1.807, 2.05) is 18.2 Å². The number of fused-ring (bicyclic) bond motifs is 3. The van der Waals surface area contributed by atoms with Crippen molar-refractivity contribution < 1.29 is 23.1 Å². The van der Waals surface area contributed by atoms with Crippen molar-refractivity contribution in [2.24, 2.45) is 11.8 Å². The topological polar surface area (TPSA) is 95.9 Å². The van der Waals surface area contributed by atoms with Gasteiger partial charge in [-0.2, -0.15) is 0 Å². The smallest absolute Gasteiger partial charge is 0.264 e. The summed E-state index contributed by atoms with van der Waals surface area (Å²) in [6.45, 7) is 1.85. The minimum absolute atomic E-state index is 0.120. The molecule has 37 heavy (non-hydrogen) atoms. The van der Waals surface area contributed by atoms with Gasteiger partial charge < -0.3 is 14.7 Å². The largest absolute Gasteiger partial charge is 0.487 e. The summed E-state index contributed by atoms with van der Waals surface area (Å²) in [5, 5.41) is 11.5. The van der Waals surface area contributed by atoms with Gasteiger partial charge in [0.05, 0.1) is 17.5 Å². The fourth-order valence-corrected chi connectivity index (χ4v) is 6.63. The quantitative estimate of drug-likeness (QED) is 0.475. The SMILES string of the molecule is O=C1NS(=O)(=O)CC/C=C\[C@H](O)[C@@H]2CC[C@H]2CN2CCCCc3cc(Cl)ccc3COc3ccc1cc32. The van der Waals surface area contributed by atoms with E-state index in [0.29, 0.717) is 23.3 Å². The molecule has 5 rings (SSSR count). The number of carbonyl (C=O) groups excluding carboxylic acids is 1. The summed E-state index contributed by atoms with van der Waals surface area (Å²) < 4.78 is 33.5. The number of benzene rings is 2. The van der Waals surface area contributed by atoms with Crippen molar-refractivity contribution in [1.82, 2.24) is 4.72 Å². The molecule has 1 fully saturated rings. The first-order valence-corrected chi connectivity index (χ1v) is 15.0. The number of sulfonamides is 1. The third-order valence-corrected chi connectivity index (χ3v) is 9.25. The average molecular weight is 545 g/mol. The maximum Gasteiger partial charge on any atom is 0.264 e. The van der Waals surface area contributed by atoms with Gasteiger partial charge in [0.15, 0.2) is 0 Å². The Labute approximate surface area is 223 Å². The van der Waals surface area contributed by atoms with Crippen molar-refractivity contribution in [3.8, 4) is 5.75 Å². The maximum absolute atomic E-state index is 12.9. The fraction of sp³-hybridized carbons (Fsp3) is 0.464. The zero-order valence-electron chi connectivity index (χ0n) is 20.7. The third-order valence-electron chi connectivity index (χ3n) is 7.74. The minimum atomic E-state index is -3.82. The maximum atomic E-state index is 12.9. The highest BCUT2D eigenvalue weighted by Crippen LogP contribution is 2.40. The zero-order chi connectivity index (χ0) is 26.0. The van der Waals surface area contributed by atoms with Gasteiger partial charge in [0, 0.05) is 23.7 Å². The lowest BCUT2D eigenvalue weighted by Gasteiger charge is -2.42. The number of hydrogen-bond acceptors (Lipinski definition) is 6. The second kappa shape index (κ2) is 11.1. The number of aliphatic hydroxyl groups is 1. The molecule has 1 saturated carbocycles. The second-order valence-electron chi connectivity index (χ2n) is 10.2. The third kappa shape index (κ3) is 6.13. The highest BCUT2D eigenvalue weighted by Gasteiger charge is 2.37. The molecule has 1 amide bonds. The van der Waals surface area contributed by atoms with Gasteiger partial charge in [-0.05, 0) is 91.8 Å². The van der Waals surface area contributed by atoms with Crippen molar-refractivity contribution in [2.45, 2.75) is 51.2 Å². The standard InChI is InChI=1S/C28H33ClN2O5S/c29-23-10-7-22-18-36-27-12-9-20-16-25(27)31(13-3-1-5-19(22)15-23)17-21-8-11-24(21)26(32)6-2-4-14-37(34,35)30-28(20)33/h2,6-7,9-10,12,15-16,21,24,26,32H,1,3-5,8,11,13-14,17-18H2,(H,30,33)/b6-2-/t21-,24+,26-/m0/s1. The molecule has 0 saturated heterocycles.